The van der Waals surface area contributed by atoms with Gasteiger partial charge in [0.25, 0.3) is 0 Å². The van der Waals surface area contributed by atoms with Crippen LogP contribution in [-0.4, -0.2) is 19.9 Å². The monoisotopic (exact) mass is 183 g/mol. The highest BCUT2D eigenvalue weighted by Crippen LogP contribution is 2.26. The molecule has 4 nitrogen and oxygen atoms in total. The van der Waals surface area contributed by atoms with Gasteiger partial charge >= 0.3 is 0 Å². The molecule has 0 aliphatic heterocycles. The fourth-order valence-corrected chi connectivity index (χ4v) is 1.15. The Labute approximate surface area is 78.6 Å². The van der Waals surface area contributed by atoms with E-state index in [9.17, 15) is 5.11 Å². The summed E-state index contributed by atoms with van der Waals surface area (Å²) in [6, 6.07) is 0. The van der Waals surface area contributed by atoms with E-state index in [4.69, 9.17) is 0 Å². The summed E-state index contributed by atoms with van der Waals surface area (Å²) in [5.74, 6) is 0.770. The van der Waals surface area contributed by atoms with Gasteiger partial charge in [-0.1, -0.05) is 13.8 Å². The molecule has 1 atom stereocenters. The Balaban J connectivity index is 3.06. The first-order chi connectivity index (χ1) is 6.00. The van der Waals surface area contributed by atoms with Crippen molar-refractivity contribution in [2.24, 2.45) is 5.92 Å². The summed E-state index contributed by atoms with van der Waals surface area (Å²) in [6.07, 6.45) is 1.48. The molecule has 4 heteroatoms. The van der Waals surface area contributed by atoms with Crippen molar-refractivity contribution in [3.63, 3.8) is 0 Å². The van der Waals surface area contributed by atoms with E-state index in [-0.39, 0.29) is 5.92 Å². The third-order valence-electron chi connectivity index (χ3n) is 2.49. The Morgan fingerprint density at radius 3 is 2.69 bits per heavy atom. The number of hydrogen-bond acceptors (Lipinski definition) is 3. The molecule has 0 saturated heterocycles. The van der Waals surface area contributed by atoms with E-state index in [1.165, 1.54) is 6.33 Å². The van der Waals surface area contributed by atoms with Gasteiger partial charge in [0.05, 0.1) is 0 Å². The minimum atomic E-state index is -0.896. The fourth-order valence-electron chi connectivity index (χ4n) is 1.15. The molecule has 74 valence electrons. The summed E-state index contributed by atoms with van der Waals surface area (Å²) >= 11 is 0. The Bertz CT molecular complexity index is 278. The van der Waals surface area contributed by atoms with Crippen molar-refractivity contribution in [3.8, 4) is 0 Å². The maximum atomic E-state index is 10.1. The van der Waals surface area contributed by atoms with Gasteiger partial charge in [0, 0.05) is 6.54 Å². The Kier molecular flexibility index (Phi) is 2.71. The maximum Gasteiger partial charge on any atom is 0.158 e. The normalized spacial score (nSPS) is 16.2. The first kappa shape index (κ1) is 10.2. The Morgan fingerprint density at radius 1 is 1.62 bits per heavy atom. The molecule has 0 spiro atoms. The molecule has 1 unspecified atom stereocenters. The van der Waals surface area contributed by atoms with Gasteiger partial charge in [0.1, 0.15) is 11.9 Å². The van der Waals surface area contributed by atoms with Crippen LogP contribution in [0.1, 0.15) is 33.5 Å². The maximum absolute atomic E-state index is 10.1. The summed E-state index contributed by atoms with van der Waals surface area (Å²) in [5, 5.41) is 14.2. The van der Waals surface area contributed by atoms with E-state index in [1.54, 1.807) is 11.6 Å². The van der Waals surface area contributed by atoms with Crippen LogP contribution >= 0.6 is 0 Å². The Morgan fingerprint density at radius 2 is 2.23 bits per heavy atom. The molecular formula is C9H17N3O. The van der Waals surface area contributed by atoms with E-state index in [0.29, 0.717) is 5.82 Å². The van der Waals surface area contributed by atoms with E-state index < -0.39 is 5.60 Å². The van der Waals surface area contributed by atoms with Crippen molar-refractivity contribution < 1.29 is 5.11 Å². The van der Waals surface area contributed by atoms with Crippen molar-refractivity contribution in [2.45, 2.75) is 39.8 Å². The van der Waals surface area contributed by atoms with Gasteiger partial charge in [-0.15, -0.1) is 0 Å². The van der Waals surface area contributed by atoms with Gasteiger partial charge < -0.3 is 5.11 Å². The van der Waals surface area contributed by atoms with Crippen LogP contribution in [0.2, 0.25) is 0 Å². The lowest BCUT2D eigenvalue weighted by Crippen LogP contribution is -2.32. The van der Waals surface area contributed by atoms with Crippen molar-refractivity contribution in [2.75, 3.05) is 0 Å². The number of aryl methyl sites for hydroxylation is 1. The SMILES string of the molecule is CCn1ncnc1C(C)(O)C(C)C. The van der Waals surface area contributed by atoms with Crippen LogP contribution < -0.4 is 0 Å². The van der Waals surface area contributed by atoms with Gasteiger partial charge in [-0.05, 0) is 19.8 Å². The predicted octanol–water partition coefficient (Wildman–Crippen LogP) is 1.16. The van der Waals surface area contributed by atoms with Crippen LogP contribution in [0, 0.1) is 5.92 Å². The van der Waals surface area contributed by atoms with Crippen molar-refractivity contribution >= 4 is 0 Å². The largest absolute Gasteiger partial charge is 0.382 e. The number of hydrogen-bond donors (Lipinski definition) is 1. The molecule has 0 bridgehead atoms. The van der Waals surface area contributed by atoms with Crippen molar-refractivity contribution in [1.29, 1.82) is 0 Å². The molecule has 1 heterocycles. The molecular weight excluding hydrogens is 166 g/mol. The molecule has 1 N–H and O–H groups in total. The lowest BCUT2D eigenvalue weighted by Gasteiger charge is -2.26. The highest BCUT2D eigenvalue weighted by molar-refractivity contribution is 5.00. The van der Waals surface area contributed by atoms with Crippen LogP contribution in [0.25, 0.3) is 0 Å². The van der Waals surface area contributed by atoms with E-state index in [1.807, 2.05) is 20.8 Å². The quantitative estimate of drug-likeness (QED) is 0.765. The Hall–Kier alpha value is -0.900. The summed E-state index contributed by atoms with van der Waals surface area (Å²) in [5.41, 5.74) is -0.896. The highest BCUT2D eigenvalue weighted by Gasteiger charge is 2.32. The first-order valence-electron chi connectivity index (χ1n) is 4.60. The molecule has 1 aromatic heterocycles. The zero-order valence-electron chi connectivity index (χ0n) is 8.65. The molecule has 0 fully saturated rings. The van der Waals surface area contributed by atoms with Crippen LogP contribution in [0.5, 0.6) is 0 Å². The van der Waals surface area contributed by atoms with E-state index in [2.05, 4.69) is 10.1 Å². The molecule has 0 amide bonds. The average Bonchev–Trinajstić information content (AvgIpc) is 2.51. The lowest BCUT2D eigenvalue weighted by molar-refractivity contribution is -0.00362. The third-order valence-corrected chi connectivity index (χ3v) is 2.49. The van der Waals surface area contributed by atoms with Gasteiger partial charge in [-0.3, -0.25) is 0 Å². The highest BCUT2D eigenvalue weighted by atomic mass is 16.3. The summed E-state index contributed by atoms with van der Waals surface area (Å²) in [7, 11) is 0. The number of rotatable bonds is 3. The number of nitrogens with zero attached hydrogens (tertiary/aromatic N) is 3. The molecule has 1 rings (SSSR count). The number of aliphatic hydroxyl groups is 1. The zero-order valence-corrected chi connectivity index (χ0v) is 8.65. The molecule has 0 aromatic carbocycles. The second-order valence-electron chi connectivity index (χ2n) is 3.70. The molecule has 0 aliphatic carbocycles. The molecule has 0 saturated carbocycles. The van der Waals surface area contributed by atoms with Gasteiger partial charge in [0.15, 0.2) is 5.82 Å². The van der Waals surface area contributed by atoms with Crippen molar-refractivity contribution in [3.05, 3.63) is 12.2 Å². The lowest BCUT2D eigenvalue weighted by atomic mass is 9.92. The van der Waals surface area contributed by atoms with Gasteiger partial charge in [0.2, 0.25) is 0 Å². The zero-order chi connectivity index (χ0) is 10.1. The van der Waals surface area contributed by atoms with Gasteiger partial charge in [-0.2, -0.15) is 5.10 Å². The first-order valence-corrected chi connectivity index (χ1v) is 4.60. The van der Waals surface area contributed by atoms with Gasteiger partial charge in [-0.25, -0.2) is 9.67 Å². The average molecular weight is 183 g/mol. The second kappa shape index (κ2) is 3.46. The van der Waals surface area contributed by atoms with Crippen molar-refractivity contribution in [1.82, 2.24) is 14.8 Å². The fraction of sp³-hybridized carbons (Fsp3) is 0.778. The van der Waals surface area contributed by atoms with Crippen LogP contribution in [0.4, 0.5) is 0 Å². The molecule has 1 aromatic rings. The summed E-state index contributed by atoms with van der Waals surface area (Å²) in [4.78, 5) is 4.08. The van der Waals surface area contributed by atoms with Crippen LogP contribution in [0.3, 0.4) is 0 Å². The van der Waals surface area contributed by atoms with E-state index >= 15 is 0 Å². The van der Waals surface area contributed by atoms with Crippen LogP contribution in [-0.2, 0) is 12.1 Å². The third kappa shape index (κ3) is 1.72. The standard InChI is InChI=1S/C9H17N3O/c1-5-12-8(10-6-11-12)9(4,13)7(2)3/h6-7,13H,5H2,1-4H3. The molecule has 0 aliphatic rings. The summed E-state index contributed by atoms with van der Waals surface area (Å²) < 4.78 is 1.72. The number of aromatic nitrogens is 3. The topological polar surface area (TPSA) is 50.9 Å². The van der Waals surface area contributed by atoms with Crippen LogP contribution in [0.15, 0.2) is 6.33 Å². The predicted molar refractivity (Wildman–Crippen MR) is 50.1 cm³/mol. The second-order valence-corrected chi connectivity index (χ2v) is 3.70. The summed E-state index contributed by atoms with van der Waals surface area (Å²) in [6.45, 7) is 8.42. The smallest absolute Gasteiger partial charge is 0.158 e. The minimum absolute atomic E-state index is 0.127. The van der Waals surface area contributed by atoms with E-state index in [0.717, 1.165) is 6.54 Å². The minimum Gasteiger partial charge on any atom is -0.382 e. The molecule has 0 radical (unpaired) electrons. The molecule has 13 heavy (non-hydrogen) atoms.